The third kappa shape index (κ3) is 3.82. The van der Waals surface area contributed by atoms with Gasteiger partial charge in [-0.15, -0.1) is 0 Å². The summed E-state index contributed by atoms with van der Waals surface area (Å²) in [6.45, 7) is 0.0189. The number of amides is 4. The minimum atomic E-state index is -0.451. The second kappa shape index (κ2) is 8.23. The van der Waals surface area contributed by atoms with Crippen LogP contribution in [0.2, 0.25) is 0 Å². The molecule has 5 rings (SSSR count). The first-order chi connectivity index (χ1) is 16.0. The number of carbonyl (C=O) groups is 3. The first-order valence-electron chi connectivity index (χ1n) is 10.5. The van der Waals surface area contributed by atoms with Crippen molar-refractivity contribution in [2.45, 2.75) is 6.54 Å². The summed E-state index contributed by atoms with van der Waals surface area (Å²) >= 11 is 0. The Morgan fingerprint density at radius 2 is 1.73 bits per heavy atom. The maximum absolute atomic E-state index is 13.0. The van der Waals surface area contributed by atoms with E-state index < -0.39 is 6.03 Å². The number of carbonyl (C=O) groups excluding carboxylic acids is 3. The van der Waals surface area contributed by atoms with Crippen LogP contribution in [0.4, 0.5) is 10.5 Å². The van der Waals surface area contributed by atoms with E-state index in [1.54, 1.807) is 24.3 Å². The summed E-state index contributed by atoms with van der Waals surface area (Å²) in [6.07, 6.45) is 0. The molecule has 1 aliphatic heterocycles. The van der Waals surface area contributed by atoms with Gasteiger partial charge in [0.1, 0.15) is 5.82 Å². The fraction of sp³-hybridized carbons (Fsp3) is 0.120. The Kier molecular flexibility index (Phi) is 5.10. The van der Waals surface area contributed by atoms with Gasteiger partial charge in [-0.25, -0.2) is 9.78 Å². The highest BCUT2D eigenvalue weighted by molar-refractivity contribution is 6.06. The molecule has 4 amide bonds. The molecule has 1 saturated heterocycles. The molecule has 0 bridgehead atoms. The smallest absolute Gasteiger partial charge is 0.324 e. The van der Waals surface area contributed by atoms with Gasteiger partial charge in [0.25, 0.3) is 5.91 Å². The molecule has 0 radical (unpaired) electrons. The van der Waals surface area contributed by atoms with Crippen LogP contribution in [0, 0.1) is 0 Å². The minimum Gasteiger partial charge on any atom is -0.329 e. The summed E-state index contributed by atoms with van der Waals surface area (Å²) in [5.74, 6) is 0.217. The highest BCUT2D eigenvalue weighted by atomic mass is 16.2. The number of nitrogens with zero attached hydrogens (tertiary/aromatic N) is 3. The van der Waals surface area contributed by atoms with Crippen molar-refractivity contribution in [2.75, 3.05) is 11.9 Å². The molecule has 4 aromatic rings. The molecule has 2 heterocycles. The summed E-state index contributed by atoms with van der Waals surface area (Å²) < 4.78 is 2.04. The van der Waals surface area contributed by atoms with Gasteiger partial charge < -0.3 is 15.2 Å². The number of aryl methyl sites for hydroxylation is 1. The Balaban J connectivity index is 1.35. The number of nitrogens with one attached hydrogen (secondary N) is 2. The van der Waals surface area contributed by atoms with Crippen molar-refractivity contribution in [1.29, 1.82) is 0 Å². The predicted octanol–water partition coefficient (Wildman–Crippen LogP) is 3.54. The van der Waals surface area contributed by atoms with Gasteiger partial charge >= 0.3 is 6.03 Å². The fourth-order valence-corrected chi connectivity index (χ4v) is 3.97. The van der Waals surface area contributed by atoms with Crippen LogP contribution in [0.5, 0.6) is 0 Å². The van der Waals surface area contributed by atoms with E-state index in [-0.39, 0.29) is 24.9 Å². The number of aromatic nitrogens is 2. The average molecular weight is 439 g/mol. The summed E-state index contributed by atoms with van der Waals surface area (Å²) in [4.78, 5) is 42.6. The lowest BCUT2D eigenvalue weighted by molar-refractivity contribution is -0.125. The Morgan fingerprint density at radius 1 is 1.00 bits per heavy atom. The number of imidazole rings is 1. The number of imide groups is 1. The number of para-hydroxylation sites is 2. The van der Waals surface area contributed by atoms with Crippen LogP contribution in [0.15, 0.2) is 72.8 Å². The first-order valence-corrected chi connectivity index (χ1v) is 10.5. The van der Waals surface area contributed by atoms with E-state index in [2.05, 4.69) is 10.6 Å². The number of benzene rings is 3. The molecule has 3 aromatic carbocycles. The highest BCUT2D eigenvalue weighted by Gasteiger charge is 2.29. The van der Waals surface area contributed by atoms with Crippen LogP contribution >= 0.6 is 0 Å². The Labute approximate surface area is 189 Å². The van der Waals surface area contributed by atoms with E-state index in [0.29, 0.717) is 16.8 Å². The molecule has 1 aromatic heterocycles. The molecule has 8 heteroatoms. The molecule has 0 saturated carbocycles. The zero-order chi connectivity index (χ0) is 22.9. The van der Waals surface area contributed by atoms with Crippen LogP contribution in [0.25, 0.3) is 22.4 Å². The monoisotopic (exact) mass is 439 g/mol. The zero-order valence-electron chi connectivity index (χ0n) is 17.9. The van der Waals surface area contributed by atoms with Crippen LogP contribution in [-0.4, -0.2) is 38.8 Å². The van der Waals surface area contributed by atoms with Crippen LogP contribution in [-0.2, 0) is 18.4 Å². The SMILES string of the molecule is Cn1c(-c2ccc(NC(=O)c3ccccc3CN3C(=O)CNC3=O)cc2)nc2ccccc21. The maximum Gasteiger partial charge on any atom is 0.324 e. The average Bonchev–Trinajstić information content (AvgIpc) is 3.34. The number of hydrogen-bond donors (Lipinski definition) is 2. The largest absolute Gasteiger partial charge is 0.329 e. The van der Waals surface area contributed by atoms with Gasteiger partial charge in [0.2, 0.25) is 5.91 Å². The Bertz CT molecular complexity index is 1370. The number of rotatable bonds is 5. The van der Waals surface area contributed by atoms with Crippen molar-refractivity contribution >= 4 is 34.6 Å². The van der Waals surface area contributed by atoms with Crippen LogP contribution < -0.4 is 10.6 Å². The Hall–Kier alpha value is -4.46. The highest BCUT2D eigenvalue weighted by Crippen LogP contribution is 2.25. The van der Waals surface area contributed by atoms with E-state index in [4.69, 9.17) is 4.98 Å². The van der Waals surface area contributed by atoms with Gasteiger partial charge in [0, 0.05) is 23.9 Å². The molecule has 0 aliphatic carbocycles. The van der Waals surface area contributed by atoms with Crippen molar-refractivity contribution in [2.24, 2.45) is 7.05 Å². The third-order valence-electron chi connectivity index (χ3n) is 5.72. The first kappa shape index (κ1) is 20.4. The van der Waals surface area contributed by atoms with Crippen molar-refractivity contribution in [3.63, 3.8) is 0 Å². The van der Waals surface area contributed by atoms with Gasteiger partial charge in [-0.2, -0.15) is 0 Å². The number of urea groups is 1. The molecular weight excluding hydrogens is 418 g/mol. The second-order valence-corrected chi connectivity index (χ2v) is 7.81. The molecule has 0 spiro atoms. The molecule has 164 valence electrons. The van der Waals surface area contributed by atoms with E-state index in [1.165, 1.54) is 0 Å². The molecule has 33 heavy (non-hydrogen) atoms. The van der Waals surface area contributed by atoms with Crippen molar-refractivity contribution in [1.82, 2.24) is 19.8 Å². The lowest BCUT2D eigenvalue weighted by Gasteiger charge is -2.15. The maximum atomic E-state index is 13.0. The van der Waals surface area contributed by atoms with E-state index in [1.807, 2.05) is 60.1 Å². The van der Waals surface area contributed by atoms with Gasteiger partial charge in [0.05, 0.1) is 24.1 Å². The molecule has 0 atom stereocenters. The van der Waals surface area contributed by atoms with E-state index >= 15 is 0 Å². The minimum absolute atomic E-state index is 0.0227. The number of fused-ring (bicyclic) bond motifs is 1. The molecule has 8 nitrogen and oxygen atoms in total. The van der Waals surface area contributed by atoms with Gasteiger partial charge in [-0.3, -0.25) is 14.5 Å². The van der Waals surface area contributed by atoms with Gasteiger partial charge in [-0.1, -0.05) is 30.3 Å². The summed E-state index contributed by atoms with van der Waals surface area (Å²) in [7, 11) is 1.97. The van der Waals surface area contributed by atoms with E-state index in [9.17, 15) is 14.4 Å². The number of hydrogen-bond acceptors (Lipinski definition) is 4. The second-order valence-electron chi connectivity index (χ2n) is 7.81. The normalized spacial score (nSPS) is 13.4. The van der Waals surface area contributed by atoms with Crippen LogP contribution in [0.3, 0.4) is 0 Å². The summed E-state index contributed by atoms with van der Waals surface area (Å²) in [5, 5.41) is 5.38. The molecule has 0 unspecified atom stereocenters. The van der Waals surface area contributed by atoms with Gasteiger partial charge in [0.15, 0.2) is 0 Å². The lowest BCUT2D eigenvalue weighted by Crippen LogP contribution is -2.31. The topological polar surface area (TPSA) is 96.3 Å². The third-order valence-corrected chi connectivity index (χ3v) is 5.72. The Morgan fingerprint density at radius 3 is 2.45 bits per heavy atom. The molecule has 1 fully saturated rings. The lowest BCUT2D eigenvalue weighted by atomic mass is 10.1. The van der Waals surface area contributed by atoms with Crippen LogP contribution in [0.1, 0.15) is 15.9 Å². The molecular formula is C25H21N5O3. The predicted molar refractivity (Wildman–Crippen MR) is 124 cm³/mol. The molecule has 1 aliphatic rings. The quantitative estimate of drug-likeness (QED) is 0.465. The zero-order valence-corrected chi connectivity index (χ0v) is 17.9. The summed E-state index contributed by atoms with van der Waals surface area (Å²) in [6, 6.07) is 21.9. The standard InChI is InChI=1S/C25H21N5O3/c1-29-21-9-5-4-8-20(21)28-23(29)16-10-12-18(13-11-16)27-24(32)19-7-3-2-6-17(19)15-30-22(31)14-26-25(30)33/h2-13H,14-15H2,1H3,(H,26,33)(H,27,32). The van der Waals surface area contributed by atoms with Gasteiger partial charge in [-0.05, 0) is 48.0 Å². The number of anilines is 1. The molecule has 2 N–H and O–H groups in total. The fourth-order valence-electron chi connectivity index (χ4n) is 3.97. The van der Waals surface area contributed by atoms with E-state index in [0.717, 1.165) is 27.3 Å². The van der Waals surface area contributed by atoms with Crippen molar-refractivity contribution in [3.8, 4) is 11.4 Å². The van der Waals surface area contributed by atoms with Crippen molar-refractivity contribution < 1.29 is 14.4 Å². The van der Waals surface area contributed by atoms with Crippen molar-refractivity contribution in [3.05, 3.63) is 83.9 Å². The summed E-state index contributed by atoms with van der Waals surface area (Å²) in [5.41, 5.74) is 4.54.